The largest absolute Gasteiger partial charge is 0.482 e. The van der Waals surface area contributed by atoms with Gasteiger partial charge in [-0.1, -0.05) is 26.2 Å². The Morgan fingerprint density at radius 3 is 2.03 bits per heavy atom. The van der Waals surface area contributed by atoms with Gasteiger partial charge in [-0.25, -0.2) is 26.3 Å². The lowest BCUT2D eigenvalue weighted by molar-refractivity contribution is 0.0777. The molecule has 1 heterocycles. The van der Waals surface area contributed by atoms with Gasteiger partial charge in [0.25, 0.3) is 6.43 Å². The van der Waals surface area contributed by atoms with E-state index in [9.17, 15) is 26.3 Å². The first-order chi connectivity index (χ1) is 15.6. The minimum absolute atomic E-state index is 0.0211. The van der Waals surface area contributed by atoms with Crippen LogP contribution < -0.4 is 4.74 Å². The summed E-state index contributed by atoms with van der Waals surface area (Å²) >= 11 is 6.88. The highest BCUT2D eigenvalue weighted by Crippen LogP contribution is 2.44. The molecule has 2 aromatic rings. The lowest BCUT2D eigenvalue weighted by Crippen LogP contribution is -2.31. The number of hydrogen-bond donors (Lipinski definition) is 0. The highest BCUT2D eigenvalue weighted by Gasteiger charge is 2.36. The minimum Gasteiger partial charge on any atom is -0.482 e. The Morgan fingerprint density at radius 1 is 0.939 bits per heavy atom. The second-order valence-corrected chi connectivity index (χ2v) is 14.9. The number of alkyl halides is 2. The summed E-state index contributed by atoms with van der Waals surface area (Å²) in [6, 6.07) is 6.62. The van der Waals surface area contributed by atoms with Crippen LogP contribution in [0.3, 0.4) is 0 Å². The molecular formula is C24H27ClF6OSi. The van der Waals surface area contributed by atoms with Crippen LogP contribution in [0.1, 0.15) is 50.5 Å². The summed E-state index contributed by atoms with van der Waals surface area (Å²) in [7, 11) is -1.83. The highest BCUT2D eigenvalue weighted by molar-refractivity contribution is 7.20. The van der Waals surface area contributed by atoms with Gasteiger partial charge in [0.2, 0.25) is 0 Å². The number of unbranched alkanes of at least 4 members (excludes halogenated alkanes) is 2. The first kappa shape index (κ1) is 25.9. The zero-order valence-corrected chi connectivity index (χ0v) is 20.1. The first-order valence-electron chi connectivity index (χ1n) is 11.2. The quantitative estimate of drug-likeness (QED) is 0.142. The van der Waals surface area contributed by atoms with E-state index in [-0.39, 0.29) is 11.5 Å². The molecule has 3 rings (SSSR count). The fraction of sp³-hybridized carbons (Fsp3) is 0.500. The Morgan fingerprint density at radius 2 is 1.52 bits per heavy atom. The van der Waals surface area contributed by atoms with Gasteiger partial charge in [-0.05, 0) is 72.3 Å². The standard InChI is InChI=1S/C24H27ClF6OSi/c1-2-3-4-7-33(25)8-5-15(6-9-33)16-10-18(26)23(19(27)11-16)17-12-20(28)24(21(29)13-17)32-14-22(30)31/h10-13,15,22H,2-9,14H2,1H3. The Balaban J connectivity index is 1.77. The van der Waals surface area contributed by atoms with Crippen LogP contribution in [0.15, 0.2) is 24.3 Å². The topological polar surface area (TPSA) is 9.23 Å². The van der Waals surface area contributed by atoms with Gasteiger partial charge in [0.1, 0.15) is 18.2 Å². The minimum atomic E-state index is -2.92. The fourth-order valence-electron chi connectivity index (χ4n) is 4.50. The first-order valence-corrected chi connectivity index (χ1v) is 14.8. The predicted octanol–water partition coefficient (Wildman–Crippen LogP) is 8.81. The number of ether oxygens (including phenoxy) is 1. The van der Waals surface area contributed by atoms with Gasteiger partial charge < -0.3 is 4.74 Å². The van der Waals surface area contributed by atoms with E-state index in [1.807, 2.05) is 0 Å². The van der Waals surface area contributed by atoms with Crippen LogP contribution in [0.2, 0.25) is 18.1 Å². The average Bonchev–Trinajstić information content (AvgIpc) is 2.73. The Labute approximate surface area is 195 Å². The number of halogens is 7. The molecule has 1 saturated heterocycles. The smallest absolute Gasteiger partial charge is 0.272 e. The molecule has 2 aromatic carbocycles. The van der Waals surface area contributed by atoms with Crippen LogP contribution in [0.25, 0.3) is 11.1 Å². The van der Waals surface area contributed by atoms with E-state index >= 15 is 0 Å². The van der Waals surface area contributed by atoms with Crippen LogP contribution in [0, 0.1) is 23.3 Å². The summed E-state index contributed by atoms with van der Waals surface area (Å²) in [5, 5.41) is 0. The molecule has 1 aliphatic heterocycles. The molecule has 0 amide bonds. The van der Waals surface area contributed by atoms with Gasteiger partial charge >= 0.3 is 0 Å². The summed E-state index contributed by atoms with van der Waals surface area (Å²) in [6.45, 7) is 0.946. The zero-order chi connectivity index (χ0) is 24.2. The summed E-state index contributed by atoms with van der Waals surface area (Å²) in [5.74, 6) is -5.53. The summed E-state index contributed by atoms with van der Waals surface area (Å²) < 4.78 is 87.1. The van der Waals surface area contributed by atoms with Crippen molar-refractivity contribution in [2.75, 3.05) is 6.61 Å². The third-order valence-corrected chi connectivity index (χ3v) is 11.6. The van der Waals surface area contributed by atoms with E-state index in [2.05, 4.69) is 11.7 Å². The van der Waals surface area contributed by atoms with E-state index in [0.29, 0.717) is 17.7 Å². The molecule has 0 N–H and O–H groups in total. The molecule has 9 heteroatoms. The number of rotatable bonds is 9. The average molecular weight is 509 g/mol. The van der Waals surface area contributed by atoms with Crippen molar-refractivity contribution in [1.29, 1.82) is 0 Å². The van der Waals surface area contributed by atoms with E-state index in [1.165, 1.54) is 12.1 Å². The van der Waals surface area contributed by atoms with E-state index in [4.69, 9.17) is 11.1 Å². The van der Waals surface area contributed by atoms with Gasteiger partial charge in [0, 0.05) is 0 Å². The maximum Gasteiger partial charge on any atom is 0.272 e. The van der Waals surface area contributed by atoms with Crippen molar-refractivity contribution in [3.05, 3.63) is 53.1 Å². The SMILES string of the molecule is CCCCC[Si]1(Cl)CCC(c2cc(F)c(-c3cc(F)c(OCC(F)F)c(F)c3)c(F)c2)CC1. The van der Waals surface area contributed by atoms with Crippen molar-refractivity contribution in [3.63, 3.8) is 0 Å². The Hall–Kier alpha value is -1.67. The molecule has 0 unspecified atom stereocenters. The molecule has 0 spiro atoms. The predicted molar refractivity (Wildman–Crippen MR) is 121 cm³/mol. The molecule has 0 radical (unpaired) electrons. The number of benzene rings is 2. The maximum atomic E-state index is 14.9. The van der Waals surface area contributed by atoms with Gasteiger partial charge in [-0.2, -0.15) is 11.1 Å². The van der Waals surface area contributed by atoms with Gasteiger partial charge in [0.15, 0.2) is 24.8 Å². The van der Waals surface area contributed by atoms with Gasteiger partial charge in [-0.3, -0.25) is 0 Å². The second kappa shape index (κ2) is 11.2. The van der Waals surface area contributed by atoms with Crippen LogP contribution in [-0.2, 0) is 0 Å². The van der Waals surface area contributed by atoms with Crippen LogP contribution in [0.4, 0.5) is 26.3 Å². The third-order valence-electron chi connectivity index (χ3n) is 6.29. The fourth-order valence-corrected chi connectivity index (χ4v) is 8.92. The highest BCUT2D eigenvalue weighted by atomic mass is 35.6. The molecule has 0 saturated carbocycles. The molecule has 0 aliphatic carbocycles. The Kier molecular flexibility index (Phi) is 8.78. The van der Waals surface area contributed by atoms with Crippen LogP contribution >= 0.6 is 11.1 Å². The lowest BCUT2D eigenvalue weighted by Gasteiger charge is -2.34. The van der Waals surface area contributed by atoms with Crippen molar-refractivity contribution < 1.29 is 31.1 Å². The molecule has 1 fully saturated rings. The molecule has 1 aliphatic rings. The van der Waals surface area contributed by atoms with Crippen molar-refractivity contribution >= 4 is 18.5 Å². The summed E-state index contributed by atoms with van der Waals surface area (Å²) in [6.07, 6.45) is 2.01. The van der Waals surface area contributed by atoms with E-state index in [1.54, 1.807) is 0 Å². The van der Waals surface area contributed by atoms with Crippen molar-refractivity contribution in [3.8, 4) is 16.9 Å². The molecule has 182 valence electrons. The molecule has 0 bridgehead atoms. The van der Waals surface area contributed by atoms with Gasteiger partial charge in [-0.15, -0.1) is 0 Å². The summed E-state index contributed by atoms with van der Waals surface area (Å²) in [5.41, 5.74) is -0.441. The zero-order valence-electron chi connectivity index (χ0n) is 18.4. The van der Waals surface area contributed by atoms with E-state index in [0.717, 1.165) is 50.2 Å². The Bertz CT molecular complexity index is 916. The van der Waals surface area contributed by atoms with Gasteiger partial charge in [0.05, 0.1) is 5.56 Å². The lowest BCUT2D eigenvalue weighted by atomic mass is 9.91. The molecule has 0 aromatic heterocycles. The van der Waals surface area contributed by atoms with Crippen LogP contribution in [-0.4, -0.2) is 20.4 Å². The van der Waals surface area contributed by atoms with E-state index < -0.39 is 55.0 Å². The molecule has 0 atom stereocenters. The van der Waals surface area contributed by atoms with Crippen molar-refractivity contribution in [1.82, 2.24) is 0 Å². The summed E-state index contributed by atoms with van der Waals surface area (Å²) in [4.78, 5) is 0. The van der Waals surface area contributed by atoms with Crippen LogP contribution in [0.5, 0.6) is 5.75 Å². The normalized spacial score (nSPS) is 20.9. The monoisotopic (exact) mass is 508 g/mol. The molecule has 33 heavy (non-hydrogen) atoms. The number of hydrogen-bond acceptors (Lipinski definition) is 1. The molecule has 1 nitrogen and oxygen atoms in total. The molecular weight excluding hydrogens is 482 g/mol. The second-order valence-electron chi connectivity index (χ2n) is 8.71. The third kappa shape index (κ3) is 6.47. The maximum absolute atomic E-state index is 14.9. The van der Waals surface area contributed by atoms with Crippen molar-refractivity contribution in [2.24, 2.45) is 0 Å². The van der Waals surface area contributed by atoms with Crippen molar-refractivity contribution in [2.45, 2.75) is 69.5 Å².